The van der Waals surface area contributed by atoms with Crippen molar-refractivity contribution in [2.24, 2.45) is 5.92 Å². The summed E-state index contributed by atoms with van der Waals surface area (Å²) in [6.07, 6.45) is 12.9. The van der Waals surface area contributed by atoms with E-state index in [0.717, 1.165) is 18.1 Å². The Morgan fingerprint density at radius 2 is 1.66 bits per heavy atom. The molecule has 0 heterocycles. The molecule has 0 aromatic heterocycles. The highest BCUT2D eigenvalue weighted by Gasteiger charge is 2.23. The number of rotatable bonds is 9. The van der Waals surface area contributed by atoms with Gasteiger partial charge in [-0.05, 0) is 67.3 Å². The van der Waals surface area contributed by atoms with Gasteiger partial charge in [0.05, 0.1) is 11.1 Å². The molecule has 0 radical (unpaired) electrons. The van der Waals surface area contributed by atoms with E-state index in [0.29, 0.717) is 5.92 Å². The van der Waals surface area contributed by atoms with Crippen molar-refractivity contribution >= 4 is 5.97 Å². The molecule has 2 aromatic carbocycles. The number of hydrogen-bond acceptors (Lipinski definition) is 3. The summed E-state index contributed by atoms with van der Waals surface area (Å²) in [5.41, 5.74) is 1.05. The first-order chi connectivity index (χ1) is 15.5. The van der Waals surface area contributed by atoms with Crippen LogP contribution in [0.4, 0.5) is 8.78 Å². The van der Waals surface area contributed by atoms with E-state index in [-0.39, 0.29) is 5.56 Å². The summed E-state index contributed by atoms with van der Waals surface area (Å²) in [7, 11) is 0. The fraction of sp³-hybridized carbons (Fsp3) is 0.481. The summed E-state index contributed by atoms with van der Waals surface area (Å²) in [5, 5.41) is 8.74. The molecule has 0 spiro atoms. The highest BCUT2D eigenvalue weighted by Crippen LogP contribution is 2.38. The van der Waals surface area contributed by atoms with Gasteiger partial charge in [-0.3, -0.25) is 0 Å². The van der Waals surface area contributed by atoms with Crippen LogP contribution in [0.3, 0.4) is 0 Å². The topological polar surface area (TPSA) is 50.1 Å². The number of unbranched alkanes of at least 4 members (excludes halogenated alkanes) is 4. The van der Waals surface area contributed by atoms with Gasteiger partial charge in [0.2, 0.25) is 5.82 Å². The van der Waals surface area contributed by atoms with Gasteiger partial charge in [0.1, 0.15) is 6.07 Å². The fourth-order valence-corrected chi connectivity index (χ4v) is 4.57. The van der Waals surface area contributed by atoms with Crippen molar-refractivity contribution in [2.45, 2.75) is 77.0 Å². The molecule has 0 aliphatic heterocycles. The summed E-state index contributed by atoms with van der Waals surface area (Å²) >= 11 is 0. The Morgan fingerprint density at radius 3 is 2.31 bits per heavy atom. The molecule has 0 unspecified atom stereocenters. The Balaban J connectivity index is 1.51. The second-order valence-corrected chi connectivity index (χ2v) is 8.78. The SMILES string of the molecule is CCCCCCC[C@H]1CC[C@H](c2ccc(C(=O)Oc3ccc(C#N)c(F)c3F)cc2)CC1. The lowest BCUT2D eigenvalue weighted by Crippen LogP contribution is -2.14. The molecule has 170 valence electrons. The average Bonchev–Trinajstić information content (AvgIpc) is 2.82. The first-order valence-electron chi connectivity index (χ1n) is 11.7. The summed E-state index contributed by atoms with van der Waals surface area (Å²) in [4.78, 5) is 12.4. The summed E-state index contributed by atoms with van der Waals surface area (Å²) in [6, 6.07) is 10.9. The van der Waals surface area contributed by atoms with Gasteiger partial charge < -0.3 is 4.74 Å². The molecule has 3 nitrogen and oxygen atoms in total. The molecule has 0 bridgehead atoms. The van der Waals surface area contributed by atoms with Crippen LogP contribution < -0.4 is 4.74 Å². The minimum atomic E-state index is -1.34. The summed E-state index contributed by atoms with van der Waals surface area (Å²) < 4.78 is 32.7. The number of benzene rings is 2. The first kappa shape index (κ1) is 23.9. The predicted molar refractivity (Wildman–Crippen MR) is 121 cm³/mol. The lowest BCUT2D eigenvalue weighted by atomic mass is 9.77. The lowest BCUT2D eigenvalue weighted by Gasteiger charge is -2.29. The van der Waals surface area contributed by atoms with Crippen LogP contribution in [0.2, 0.25) is 0 Å². The zero-order chi connectivity index (χ0) is 22.9. The minimum Gasteiger partial charge on any atom is -0.420 e. The van der Waals surface area contributed by atoms with Crippen LogP contribution in [0.15, 0.2) is 36.4 Å². The Morgan fingerprint density at radius 1 is 0.969 bits per heavy atom. The van der Waals surface area contributed by atoms with Crippen molar-refractivity contribution in [1.82, 2.24) is 0 Å². The number of hydrogen-bond donors (Lipinski definition) is 0. The smallest absolute Gasteiger partial charge is 0.343 e. The maximum absolute atomic E-state index is 14.0. The molecule has 3 rings (SSSR count). The van der Waals surface area contributed by atoms with Crippen LogP contribution in [0, 0.1) is 28.9 Å². The third-order valence-electron chi connectivity index (χ3n) is 6.55. The summed E-state index contributed by atoms with van der Waals surface area (Å²) in [5.74, 6) is -2.60. The quantitative estimate of drug-likeness (QED) is 0.229. The van der Waals surface area contributed by atoms with Crippen molar-refractivity contribution in [3.8, 4) is 11.8 Å². The van der Waals surface area contributed by atoms with Gasteiger partial charge in [0, 0.05) is 0 Å². The van der Waals surface area contributed by atoms with Gasteiger partial charge in [0.25, 0.3) is 0 Å². The normalized spacial score (nSPS) is 18.2. The molecule has 1 fully saturated rings. The van der Waals surface area contributed by atoms with Crippen LogP contribution in [-0.4, -0.2) is 5.97 Å². The van der Waals surface area contributed by atoms with Gasteiger partial charge in [-0.25, -0.2) is 9.18 Å². The Hall–Kier alpha value is -2.74. The Kier molecular flexibility index (Phi) is 8.79. The van der Waals surface area contributed by atoms with Crippen LogP contribution in [0.1, 0.15) is 98.5 Å². The standard InChI is InChI=1S/C27H31F2NO2/c1-2-3-4-5-6-7-19-8-10-20(11-9-19)21-12-14-22(15-13-21)27(31)32-24-17-16-23(18-30)25(28)26(24)29/h12-17,19-20H,2-11H2,1H3/t19-,20-. The number of ether oxygens (including phenoxy) is 1. The maximum Gasteiger partial charge on any atom is 0.343 e. The molecule has 0 N–H and O–H groups in total. The number of nitriles is 1. The highest BCUT2D eigenvalue weighted by molar-refractivity contribution is 5.91. The number of nitrogens with zero attached hydrogens (tertiary/aromatic N) is 1. The third-order valence-corrected chi connectivity index (χ3v) is 6.55. The second kappa shape index (κ2) is 11.8. The van der Waals surface area contributed by atoms with Gasteiger partial charge >= 0.3 is 5.97 Å². The average molecular weight is 440 g/mol. The van der Waals surface area contributed by atoms with Crippen molar-refractivity contribution in [2.75, 3.05) is 0 Å². The van der Waals surface area contributed by atoms with Crippen molar-refractivity contribution in [3.63, 3.8) is 0 Å². The largest absolute Gasteiger partial charge is 0.420 e. The highest BCUT2D eigenvalue weighted by atomic mass is 19.2. The fourth-order valence-electron chi connectivity index (χ4n) is 4.57. The maximum atomic E-state index is 14.0. The molecule has 1 aliphatic carbocycles. The zero-order valence-corrected chi connectivity index (χ0v) is 18.7. The second-order valence-electron chi connectivity index (χ2n) is 8.78. The Bertz CT molecular complexity index is 941. The molecular weight excluding hydrogens is 408 g/mol. The van der Waals surface area contributed by atoms with E-state index < -0.39 is 28.9 Å². The van der Waals surface area contributed by atoms with E-state index in [9.17, 15) is 13.6 Å². The van der Waals surface area contributed by atoms with Gasteiger partial charge in [0.15, 0.2) is 11.6 Å². The molecular formula is C27H31F2NO2. The first-order valence-corrected chi connectivity index (χ1v) is 11.7. The molecule has 0 atom stereocenters. The van der Waals surface area contributed by atoms with E-state index in [1.807, 2.05) is 12.1 Å². The number of esters is 1. The van der Waals surface area contributed by atoms with E-state index in [4.69, 9.17) is 10.00 Å². The van der Waals surface area contributed by atoms with E-state index in [2.05, 4.69) is 6.92 Å². The van der Waals surface area contributed by atoms with Gasteiger partial charge in [-0.1, -0.05) is 57.6 Å². The minimum absolute atomic E-state index is 0.277. The van der Waals surface area contributed by atoms with Crippen LogP contribution in [-0.2, 0) is 0 Å². The van der Waals surface area contributed by atoms with Crippen molar-refractivity contribution in [1.29, 1.82) is 5.26 Å². The van der Waals surface area contributed by atoms with Gasteiger partial charge in [-0.2, -0.15) is 9.65 Å². The molecule has 0 amide bonds. The lowest BCUT2D eigenvalue weighted by molar-refractivity contribution is 0.0726. The molecule has 1 aliphatic rings. The van der Waals surface area contributed by atoms with E-state index >= 15 is 0 Å². The third kappa shape index (κ3) is 6.16. The number of halogens is 2. The number of carbonyl (C=O) groups excluding carboxylic acids is 1. The van der Waals surface area contributed by atoms with Crippen molar-refractivity contribution in [3.05, 3.63) is 64.7 Å². The molecule has 1 saturated carbocycles. The molecule has 2 aromatic rings. The summed E-state index contributed by atoms with van der Waals surface area (Å²) in [6.45, 7) is 2.24. The van der Waals surface area contributed by atoms with Crippen LogP contribution in [0.25, 0.3) is 0 Å². The van der Waals surface area contributed by atoms with Crippen LogP contribution >= 0.6 is 0 Å². The van der Waals surface area contributed by atoms with Crippen molar-refractivity contribution < 1.29 is 18.3 Å². The zero-order valence-electron chi connectivity index (χ0n) is 18.7. The van der Waals surface area contributed by atoms with Gasteiger partial charge in [-0.15, -0.1) is 0 Å². The predicted octanol–water partition coefficient (Wildman–Crippen LogP) is 7.69. The molecule has 5 heteroatoms. The van der Waals surface area contributed by atoms with E-state index in [1.165, 1.54) is 69.8 Å². The van der Waals surface area contributed by atoms with Crippen LogP contribution in [0.5, 0.6) is 5.75 Å². The molecule has 32 heavy (non-hydrogen) atoms. The number of carbonyl (C=O) groups is 1. The van der Waals surface area contributed by atoms with E-state index in [1.54, 1.807) is 18.2 Å². The Labute approximate surface area is 189 Å². The monoisotopic (exact) mass is 439 g/mol. The molecule has 0 saturated heterocycles.